The van der Waals surface area contributed by atoms with E-state index in [1.807, 2.05) is 0 Å². The van der Waals surface area contributed by atoms with Crippen molar-refractivity contribution in [3.63, 3.8) is 0 Å². The van der Waals surface area contributed by atoms with E-state index >= 15 is 0 Å². The van der Waals surface area contributed by atoms with Crippen LogP contribution in [0.3, 0.4) is 0 Å². The Morgan fingerprint density at radius 2 is 1.88 bits per heavy atom. The number of aromatic nitrogens is 2. The summed E-state index contributed by atoms with van der Waals surface area (Å²) < 4.78 is 39.9. The molecule has 11 nitrogen and oxygen atoms in total. The summed E-state index contributed by atoms with van der Waals surface area (Å²) >= 11 is 6.19. The van der Waals surface area contributed by atoms with Crippen LogP contribution < -0.4 is 32.0 Å². The fourth-order valence-corrected chi connectivity index (χ4v) is 3.27. The summed E-state index contributed by atoms with van der Waals surface area (Å²) in [4.78, 5) is 8.30. The van der Waals surface area contributed by atoms with Gasteiger partial charge in [0.15, 0.2) is 5.82 Å². The Morgan fingerprint density at radius 3 is 2.56 bits per heavy atom. The van der Waals surface area contributed by atoms with Crippen LogP contribution in [0.2, 0.25) is 5.02 Å². The Bertz CT molecular complexity index is 1260. The molecule has 0 spiro atoms. The van der Waals surface area contributed by atoms with E-state index in [4.69, 9.17) is 23.3 Å². The lowest BCUT2D eigenvalue weighted by Gasteiger charge is -2.15. The molecule has 0 saturated heterocycles. The Morgan fingerprint density at radius 1 is 1.16 bits per heavy atom. The molecule has 32 heavy (non-hydrogen) atoms. The van der Waals surface area contributed by atoms with E-state index in [1.54, 1.807) is 24.3 Å². The lowest BCUT2D eigenvalue weighted by molar-refractivity contribution is 0.607. The van der Waals surface area contributed by atoms with Crippen molar-refractivity contribution in [1.82, 2.24) is 9.97 Å². The van der Waals surface area contributed by atoms with Crippen LogP contribution in [0.4, 0.5) is 38.9 Å². The van der Waals surface area contributed by atoms with Gasteiger partial charge in [-0.15, -0.1) is 0 Å². The van der Waals surface area contributed by atoms with E-state index in [2.05, 4.69) is 30.4 Å². The van der Waals surface area contributed by atoms with Crippen molar-refractivity contribution < 1.29 is 12.8 Å². The van der Waals surface area contributed by atoms with Gasteiger partial charge in [0.2, 0.25) is 16.0 Å². The molecular formula is C18H19ClFN9O2S. The molecule has 3 aromatic rings. The maximum atomic E-state index is 14.3. The third kappa shape index (κ3) is 5.94. The first-order valence-corrected chi connectivity index (χ1v) is 11.1. The molecule has 0 amide bonds. The number of nitrogens with two attached hydrogens (primary N) is 2. The average Bonchev–Trinajstić information content (AvgIpc) is 2.72. The summed E-state index contributed by atoms with van der Waals surface area (Å²) in [6.07, 6.45) is 3.50. The standard InChI is InChI=1S/C18H19ClFN9O2S/c1-32(30,31)28-15-5-3-2-4-14(15)25-17-12(19)9-23-18(27-17)26-16-8-11(6-7-13(16)20)29(22)10-24-21/h2-10,28H,21-22H2,1H3,(H2,23,25,26,27)/b24-10-. The maximum Gasteiger partial charge on any atom is 0.229 e. The molecule has 0 aliphatic rings. The third-order valence-electron chi connectivity index (χ3n) is 3.91. The fourth-order valence-electron chi connectivity index (χ4n) is 2.55. The van der Waals surface area contributed by atoms with Gasteiger partial charge in [-0.1, -0.05) is 23.7 Å². The molecule has 0 unspecified atom stereocenters. The largest absolute Gasteiger partial charge is 0.337 e. The summed E-state index contributed by atoms with van der Waals surface area (Å²) in [5.41, 5.74) is 1.13. The minimum Gasteiger partial charge on any atom is -0.337 e. The number of sulfonamides is 1. The van der Waals surface area contributed by atoms with Crippen molar-refractivity contribution in [2.24, 2.45) is 16.8 Å². The number of rotatable bonds is 8. The van der Waals surface area contributed by atoms with Crippen molar-refractivity contribution >= 4 is 62.5 Å². The zero-order valence-corrected chi connectivity index (χ0v) is 18.2. The van der Waals surface area contributed by atoms with Crippen LogP contribution in [-0.2, 0) is 10.0 Å². The van der Waals surface area contributed by atoms with Crippen LogP contribution in [0.5, 0.6) is 0 Å². The lowest BCUT2D eigenvalue weighted by atomic mass is 10.2. The number of hydrogen-bond donors (Lipinski definition) is 5. The molecule has 0 atom stereocenters. The van der Waals surface area contributed by atoms with Gasteiger partial charge in [0.25, 0.3) is 0 Å². The van der Waals surface area contributed by atoms with Gasteiger partial charge in [0.05, 0.1) is 35.2 Å². The van der Waals surface area contributed by atoms with Gasteiger partial charge in [0, 0.05) is 0 Å². The second-order valence-electron chi connectivity index (χ2n) is 6.40. The SMILES string of the molecule is CS(=O)(=O)Nc1ccccc1Nc1nc(Nc2cc(N(N)/C=N\N)ccc2F)ncc1Cl. The number of anilines is 6. The van der Waals surface area contributed by atoms with Gasteiger partial charge < -0.3 is 16.5 Å². The summed E-state index contributed by atoms with van der Waals surface area (Å²) in [6.45, 7) is 0. The summed E-state index contributed by atoms with van der Waals surface area (Å²) in [5.74, 6) is 10.4. The van der Waals surface area contributed by atoms with E-state index in [0.29, 0.717) is 17.1 Å². The van der Waals surface area contributed by atoms with E-state index in [1.165, 1.54) is 24.4 Å². The van der Waals surface area contributed by atoms with Gasteiger partial charge in [-0.2, -0.15) is 10.1 Å². The molecule has 0 aliphatic heterocycles. The lowest BCUT2D eigenvalue weighted by Crippen LogP contribution is -2.29. The number of hydrogen-bond acceptors (Lipinski definition) is 9. The zero-order valence-electron chi connectivity index (χ0n) is 16.6. The van der Waals surface area contributed by atoms with Crippen molar-refractivity contribution in [2.45, 2.75) is 0 Å². The van der Waals surface area contributed by atoms with E-state index < -0.39 is 15.8 Å². The highest BCUT2D eigenvalue weighted by Gasteiger charge is 2.13. The molecule has 0 fully saturated rings. The van der Waals surface area contributed by atoms with E-state index in [9.17, 15) is 12.8 Å². The predicted molar refractivity (Wildman–Crippen MR) is 124 cm³/mol. The summed E-state index contributed by atoms with van der Waals surface area (Å²) in [5, 5.41) is 10.3. The number of benzene rings is 2. The quantitative estimate of drug-likeness (QED) is 0.141. The number of hydrazone groups is 1. The molecule has 0 radical (unpaired) electrons. The van der Waals surface area contributed by atoms with E-state index in [-0.39, 0.29) is 22.5 Å². The van der Waals surface area contributed by atoms with Gasteiger partial charge in [-0.3, -0.25) is 9.73 Å². The highest BCUT2D eigenvalue weighted by atomic mass is 35.5. The second-order valence-corrected chi connectivity index (χ2v) is 8.55. The third-order valence-corrected chi connectivity index (χ3v) is 4.77. The van der Waals surface area contributed by atoms with Crippen molar-refractivity contribution in [3.05, 3.63) is 59.5 Å². The number of halogens is 2. The molecule has 7 N–H and O–H groups in total. The molecule has 0 aliphatic carbocycles. The Balaban J connectivity index is 1.89. The minimum absolute atomic E-state index is 0.0255. The number of hydrazine groups is 1. The van der Waals surface area contributed by atoms with Crippen LogP contribution in [0, 0.1) is 5.82 Å². The van der Waals surface area contributed by atoms with Crippen LogP contribution in [0.1, 0.15) is 0 Å². The van der Waals surface area contributed by atoms with Crippen LogP contribution in [0.15, 0.2) is 53.8 Å². The van der Waals surface area contributed by atoms with Crippen molar-refractivity contribution in [1.29, 1.82) is 0 Å². The molecule has 1 aromatic heterocycles. The molecule has 0 bridgehead atoms. The van der Waals surface area contributed by atoms with Crippen LogP contribution in [-0.4, -0.2) is 31.0 Å². The first-order chi connectivity index (χ1) is 15.2. The van der Waals surface area contributed by atoms with Gasteiger partial charge >= 0.3 is 0 Å². The first-order valence-electron chi connectivity index (χ1n) is 8.86. The monoisotopic (exact) mass is 479 g/mol. The normalized spacial score (nSPS) is 11.4. The number of nitrogens with zero attached hydrogens (tertiary/aromatic N) is 4. The molecule has 1 heterocycles. The molecular weight excluding hydrogens is 461 g/mol. The minimum atomic E-state index is -3.51. The van der Waals surface area contributed by atoms with Gasteiger partial charge in [0.1, 0.15) is 17.2 Å². The maximum absolute atomic E-state index is 14.3. The molecule has 168 valence electrons. The topological polar surface area (TPSA) is 164 Å². The predicted octanol–water partition coefficient (Wildman–Crippen LogP) is 2.71. The van der Waals surface area contributed by atoms with Crippen molar-refractivity contribution in [3.8, 4) is 0 Å². The van der Waals surface area contributed by atoms with Crippen LogP contribution >= 0.6 is 11.6 Å². The molecule has 3 rings (SSSR count). The van der Waals surface area contributed by atoms with Crippen LogP contribution in [0.25, 0.3) is 0 Å². The highest BCUT2D eigenvalue weighted by molar-refractivity contribution is 7.92. The zero-order chi connectivity index (χ0) is 23.3. The highest BCUT2D eigenvalue weighted by Crippen LogP contribution is 2.30. The molecule has 14 heteroatoms. The molecule has 2 aromatic carbocycles. The second kappa shape index (κ2) is 9.64. The average molecular weight is 480 g/mol. The Hall–Kier alpha value is -3.68. The smallest absolute Gasteiger partial charge is 0.229 e. The number of nitrogens with one attached hydrogen (secondary N) is 3. The first kappa shape index (κ1) is 23.0. The summed E-state index contributed by atoms with van der Waals surface area (Å²) in [7, 11) is -3.51. The Kier molecular flexibility index (Phi) is 6.92. The summed E-state index contributed by atoms with van der Waals surface area (Å²) in [6, 6.07) is 10.6. The Labute approximate surface area is 188 Å². The van der Waals surface area contributed by atoms with E-state index in [0.717, 1.165) is 17.6 Å². The molecule has 0 saturated carbocycles. The fraction of sp³-hybridized carbons (Fsp3) is 0.0556. The van der Waals surface area contributed by atoms with Crippen molar-refractivity contribution in [2.75, 3.05) is 26.6 Å². The van der Waals surface area contributed by atoms with Gasteiger partial charge in [-0.25, -0.2) is 23.6 Å². The van der Waals surface area contributed by atoms with Gasteiger partial charge in [-0.05, 0) is 30.3 Å². The number of para-hydroxylation sites is 2.